The molecular weight excluding hydrogens is 230 g/mol. The number of carboxylic acids is 1. The van der Waals surface area contributed by atoms with Crippen molar-refractivity contribution in [2.24, 2.45) is 5.41 Å². The minimum Gasteiger partial charge on any atom is -0.475 e. The Balaban J connectivity index is 2.00. The molecule has 1 unspecified atom stereocenters. The lowest BCUT2D eigenvalue weighted by atomic mass is 9.87. The summed E-state index contributed by atoms with van der Waals surface area (Å²) in [6, 6.07) is 2.12. The van der Waals surface area contributed by atoms with Gasteiger partial charge in [-0.2, -0.15) is 0 Å². The largest absolute Gasteiger partial charge is 0.475 e. The quantitative estimate of drug-likeness (QED) is 0.863. The summed E-state index contributed by atoms with van der Waals surface area (Å²) in [5.74, 6) is -0.295. The SMILES string of the molecule is Cc1oc(C(=O)O)cc1CNC1CCCC1(C)C. The fourth-order valence-corrected chi connectivity index (χ4v) is 2.74. The van der Waals surface area contributed by atoms with Gasteiger partial charge in [0, 0.05) is 18.2 Å². The van der Waals surface area contributed by atoms with Crippen LogP contribution in [-0.4, -0.2) is 17.1 Å². The van der Waals surface area contributed by atoms with Crippen molar-refractivity contribution in [1.82, 2.24) is 5.32 Å². The lowest BCUT2D eigenvalue weighted by molar-refractivity contribution is 0.0661. The highest BCUT2D eigenvalue weighted by atomic mass is 16.4. The van der Waals surface area contributed by atoms with Crippen molar-refractivity contribution < 1.29 is 14.3 Å². The fourth-order valence-electron chi connectivity index (χ4n) is 2.74. The van der Waals surface area contributed by atoms with E-state index in [2.05, 4.69) is 19.2 Å². The maximum atomic E-state index is 10.8. The molecule has 18 heavy (non-hydrogen) atoms. The number of aryl methyl sites for hydroxylation is 1. The van der Waals surface area contributed by atoms with Gasteiger partial charge in [0.25, 0.3) is 0 Å². The monoisotopic (exact) mass is 251 g/mol. The number of furan rings is 1. The van der Waals surface area contributed by atoms with E-state index in [1.807, 2.05) is 6.92 Å². The van der Waals surface area contributed by atoms with Crippen molar-refractivity contribution in [3.63, 3.8) is 0 Å². The number of carbonyl (C=O) groups is 1. The van der Waals surface area contributed by atoms with E-state index in [1.54, 1.807) is 6.07 Å². The van der Waals surface area contributed by atoms with Crippen molar-refractivity contribution in [1.29, 1.82) is 0 Å². The van der Waals surface area contributed by atoms with Crippen LogP contribution in [0.4, 0.5) is 0 Å². The lowest BCUT2D eigenvalue weighted by Crippen LogP contribution is -2.37. The molecule has 0 bridgehead atoms. The van der Waals surface area contributed by atoms with E-state index in [9.17, 15) is 4.79 Å². The second-order valence-corrected chi connectivity index (χ2v) is 5.81. The molecule has 0 aromatic carbocycles. The molecule has 1 aromatic rings. The molecule has 1 atom stereocenters. The van der Waals surface area contributed by atoms with Gasteiger partial charge in [0.15, 0.2) is 0 Å². The molecule has 1 aromatic heterocycles. The van der Waals surface area contributed by atoms with Gasteiger partial charge in [-0.25, -0.2) is 4.79 Å². The fraction of sp³-hybridized carbons (Fsp3) is 0.643. The van der Waals surface area contributed by atoms with E-state index in [0.29, 0.717) is 23.8 Å². The lowest BCUT2D eigenvalue weighted by Gasteiger charge is -2.27. The van der Waals surface area contributed by atoms with Crippen LogP contribution in [0, 0.1) is 12.3 Å². The standard InChI is InChI=1S/C14H21NO3/c1-9-10(7-11(18-9)13(16)17)8-15-12-5-4-6-14(12,2)3/h7,12,15H,4-6,8H2,1-3H3,(H,16,17). The number of carboxylic acid groups (broad SMARTS) is 1. The smallest absolute Gasteiger partial charge is 0.371 e. The van der Waals surface area contributed by atoms with Crippen LogP contribution in [0.5, 0.6) is 0 Å². The van der Waals surface area contributed by atoms with Gasteiger partial charge >= 0.3 is 5.97 Å². The Morgan fingerprint density at radius 3 is 2.83 bits per heavy atom. The first-order valence-electron chi connectivity index (χ1n) is 6.46. The molecule has 0 saturated heterocycles. The van der Waals surface area contributed by atoms with Crippen LogP contribution in [-0.2, 0) is 6.54 Å². The zero-order chi connectivity index (χ0) is 13.3. The highest BCUT2D eigenvalue weighted by Crippen LogP contribution is 2.37. The molecule has 4 heteroatoms. The van der Waals surface area contributed by atoms with Crippen molar-refractivity contribution in [2.75, 3.05) is 0 Å². The topological polar surface area (TPSA) is 62.5 Å². The normalized spacial score (nSPS) is 22.3. The van der Waals surface area contributed by atoms with Gasteiger partial charge in [-0.3, -0.25) is 0 Å². The molecule has 0 aliphatic heterocycles. The first-order valence-corrected chi connectivity index (χ1v) is 6.46. The molecule has 4 nitrogen and oxygen atoms in total. The summed E-state index contributed by atoms with van der Waals surface area (Å²) >= 11 is 0. The molecule has 1 heterocycles. The first-order chi connectivity index (χ1) is 8.40. The van der Waals surface area contributed by atoms with Crippen LogP contribution in [0.1, 0.15) is 55.0 Å². The Morgan fingerprint density at radius 2 is 2.33 bits per heavy atom. The van der Waals surface area contributed by atoms with Gasteiger partial charge in [-0.1, -0.05) is 20.3 Å². The van der Waals surface area contributed by atoms with E-state index < -0.39 is 5.97 Å². The molecule has 0 spiro atoms. The summed E-state index contributed by atoms with van der Waals surface area (Å²) in [5.41, 5.74) is 1.27. The van der Waals surface area contributed by atoms with Crippen LogP contribution in [0.2, 0.25) is 0 Å². The summed E-state index contributed by atoms with van der Waals surface area (Å²) < 4.78 is 5.20. The molecule has 0 radical (unpaired) electrons. The third kappa shape index (κ3) is 2.58. The van der Waals surface area contributed by atoms with Crippen LogP contribution in [0.25, 0.3) is 0 Å². The average molecular weight is 251 g/mol. The number of hydrogen-bond donors (Lipinski definition) is 2. The Hall–Kier alpha value is -1.29. The summed E-state index contributed by atoms with van der Waals surface area (Å²) in [4.78, 5) is 10.8. The Kier molecular flexibility index (Phi) is 3.48. The van der Waals surface area contributed by atoms with Gasteiger partial charge in [-0.15, -0.1) is 0 Å². The third-order valence-electron chi connectivity index (χ3n) is 4.03. The molecule has 1 aliphatic carbocycles. The van der Waals surface area contributed by atoms with Gasteiger partial charge in [0.05, 0.1) is 0 Å². The highest BCUT2D eigenvalue weighted by Gasteiger charge is 2.34. The Bertz CT molecular complexity index is 448. The molecular formula is C14H21NO3. The van der Waals surface area contributed by atoms with E-state index in [1.165, 1.54) is 19.3 Å². The Labute approximate surface area is 107 Å². The van der Waals surface area contributed by atoms with Gasteiger partial charge in [0.1, 0.15) is 5.76 Å². The maximum Gasteiger partial charge on any atom is 0.371 e. The van der Waals surface area contributed by atoms with Crippen LogP contribution in [0.3, 0.4) is 0 Å². The molecule has 1 aliphatic rings. The Morgan fingerprint density at radius 1 is 1.61 bits per heavy atom. The summed E-state index contributed by atoms with van der Waals surface area (Å²) in [5, 5.41) is 12.4. The second kappa shape index (κ2) is 4.76. The minimum atomic E-state index is -1.01. The molecule has 1 saturated carbocycles. The summed E-state index contributed by atoms with van der Waals surface area (Å²) in [6.45, 7) is 7.05. The maximum absolute atomic E-state index is 10.8. The number of nitrogens with one attached hydrogen (secondary N) is 1. The van der Waals surface area contributed by atoms with Crippen LogP contribution in [0.15, 0.2) is 10.5 Å². The van der Waals surface area contributed by atoms with Crippen molar-refractivity contribution >= 4 is 5.97 Å². The van der Waals surface area contributed by atoms with Crippen LogP contribution < -0.4 is 5.32 Å². The third-order valence-corrected chi connectivity index (χ3v) is 4.03. The predicted octanol–water partition coefficient (Wildman–Crippen LogP) is 2.95. The molecule has 0 amide bonds. The summed E-state index contributed by atoms with van der Waals surface area (Å²) in [6.07, 6.45) is 3.69. The van der Waals surface area contributed by atoms with E-state index in [4.69, 9.17) is 9.52 Å². The minimum absolute atomic E-state index is 0.0231. The van der Waals surface area contributed by atoms with Gasteiger partial charge < -0.3 is 14.8 Å². The second-order valence-electron chi connectivity index (χ2n) is 5.81. The molecule has 2 rings (SSSR count). The molecule has 1 fully saturated rings. The summed E-state index contributed by atoms with van der Waals surface area (Å²) in [7, 11) is 0. The van der Waals surface area contributed by atoms with E-state index in [-0.39, 0.29) is 5.76 Å². The van der Waals surface area contributed by atoms with E-state index >= 15 is 0 Å². The number of aromatic carboxylic acids is 1. The average Bonchev–Trinajstić information content (AvgIpc) is 2.79. The number of hydrogen-bond acceptors (Lipinski definition) is 3. The highest BCUT2D eigenvalue weighted by molar-refractivity contribution is 5.84. The molecule has 100 valence electrons. The zero-order valence-electron chi connectivity index (χ0n) is 11.2. The first kappa shape index (κ1) is 13.1. The molecule has 2 N–H and O–H groups in total. The predicted molar refractivity (Wildman–Crippen MR) is 68.7 cm³/mol. The van der Waals surface area contributed by atoms with Crippen molar-refractivity contribution in [3.05, 3.63) is 23.2 Å². The van der Waals surface area contributed by atoms with Crippen LogP contribution >= 0.6 is 0 Å². The van der Waals surface area contributed by atoms with Gasteiger partial charge in [-0.05, 0) is 31.2 Å². The zero-order valence-corrected chi connectivity index (χ0v) is 11.2. The van der Waals surface area contributed by atoms with Crippen molar-refractivity contribution in [3.8, 4) is 0 Å². The number of rotatable bonds is 4. The van der Waals surface area contributed by atoms with Crippen molar-refractivity contribution in [2.45, 2.75) is 52.6 Å². The van der Waals surface area contributed by atoms with E-state index in [0.717, 1.165) is 5.56 Å². The van der Waals surface area contributed by atoms with Gasteiger partial charge in [0.2, 0.25) is 5.76 Å².